The molecule has 5 heteroatoms. The molecule has 0 saturated heterocycles. The number of benzene rings is 1. The maximum Gasteiger partial charge on any atom is 0.336 e. The minimum absolute atomic E-state index is 0.418. The van der Waals surface area contributed by atoms with Crippen molar-refractivity contribution < 1.29 is 19.4 Å². The SMILES string of the molecule is Cc1cc(=O)oc2c(C)c3c(cc12)[C@H](O)[C@H](O)C(C)(C)O3. The van der Waals surface area contributed by atoms with Crippen molar-refractivity contribution in [3.63, 3.8) is 0 Å². The summed E-state index contributed by atoms with van der Waals surface area (Å²) in [6.07, 6.45) is -2.07. The summed E-state index contributed by atoms with van der Waals surface area (Å²) >= 11 is 0. The lowest BCUT2D eigenvalue weighted by Crippen LogP contribution is -2.49. The summed E-state index contributed by atoms with van der Waals surface area (Å²) in [7, 11) is 0. The Morgan fingerprint density at radius 1 is 1.19 bits per heavy atom. The molecule has 2 heterocycles. The Bertz CT molecular complexity index is 787. The highest BCUT2D eigenvalue weighted by atomic mass is 16.5. The van der Waals surface area contributed by atoms with Gasteiger partial charge < -0.3 is 19.4 Å². The molecule has 0 unspecified atom stereocenters. The van der Waals surface area contributed by atoms with E-state index in [1.807, 2.05) is 6.92 Å². The van der Waals surface area contributed by atoms with Gasteiger partial charge in [0.05, 0.1) is 0 Å². The number of rotatable bonds is 0. The maximum atomic E-state index is 11.6. The first-order valence-electron chi connectivity index (χ1n) is 6.85. The zero-order valence-corrected chi connectivity index (χ0v) is 12.4. The molecule has 112 valence electrons. The number of ether oxygens (including phenoxy) is 1. The molecule has 0 radical (unpaired) electrons. The predicted octanol–water partition coefficient (Wildman–Crippen LogP) is 1.98. The average Bonchev–Trinajstić information content (AvgIpc) is 2.39. The van der Waals surface area contributed by atoms with Crippen LogP contribution in [0.3, 0.4) is 0 Å². The van der Waals surface area contributed by atoms with Gasteiger partial charge >= 0.3 is 5.63 Å². The number of aryl methyl sites for hydroxylation is 2. The van der Waals surface area contributed by atoms with Crippen molar-refractivity contribution in [3.05, 3.63) is 39.2 Å². The van der Waals surface area contributed by atoms with E-state index in [0.29, 0.717) is 22.5 Å². The van der Waals surface area contributed by atoms with E-state index < -0.39 is 23.4 Å². The fourth-order valence-corrected chi connectivity index (χ4v) is 2.85. The molecule has 2 N–H and O–H groups in total. The molecule has 0 amide bonds. The molecule has 2 atom stereocenters. The molecule has 0 fully saturated rings. The molecule has 0 spiro atoms. The number of hydrogen-bond donors (Lipinski definition) is 2. The van der Waals surface area contributed by atoms with E-state index >= 15 is 0 Å². The van der Waals surface area contributed by atoms with Gasteiger partial charge in [-0.1, -0.05) is 0 Å². The van der Waals surface area contributed by atoms with Gasteiger partial charge in [0.1, 0.15) is 29.1 Å². The highest BCUT2D eigenvalue weighted by Crippen LogP contribution is 2.44. The fourth-order valence-electron chi connectivity index (χ4n) is 2.85. The largest absolute Gasteiger partial charge is 0.484 e. The molecule has 1 aromatic heterocycles. The quantitative estimate of drug-likeness (QED) is 0.725. The highest BCUT2D eigenvalue weighted by molar-refractivity contribution is 5.86. The van der Waals surface area contributed by atoms with Crippen LogP contribution in [-0.2, 0) is 0 Å². The first kappa shape index (κ1) is 14.1. The van der Waals surface area contributed by atoms with Crippen LogP contribution in [0.1, 0.15) is 36.6 Å². The first-order valence-corrected chi connectivity index (χ1v) is 6.85. The molecule has 21 heavy (non-hydrogen) atoms. The van der Waals surface area contributed by atoms with Crippen LogP contribution in [0, 0.1) is 13.8 Å². The zero-order valence-electron chi connectivity index (χ0n) is 12.4. The molecule has 0 bridgehead atoms. The zero-order chi connectivity index (χ0) is 15.5. The lowest BCUT2D eigenvalue weighted by atomic mass is 9.86. The van der Waals surface area contributed by atoms with Crippen molar-refractivity contribution in [3.8, 4) is 5.75 Å². The Morgan fingerprint density at radius 3 is 2.52 bits per heavy atom. The second kappa shape index (κ2) is 4.32. The van der Waals surface area contributed by atoms with E-state index in [1.165, 1.54) is 6.07 Å². The molecule has 1 aliphatic rings. The third kappa shape index (κ3) is 1.96. The van der Waals surface area contributed by atoms with Crippen molar-refractivity contribution >= 4 is 11.0 Å². The summed E-state index contributed by atoms with van der Waals surface area (Å²) < 4.78 is 11.1. The second-order valence-electron chi connectivity index (χ2n) is 6.14. The van der Waals surface area contributed by atoms with E-state index in [-0.39, 0.29) is 0 Å². The van der Waals surface area contributed by atoms with Gasteiger partial charge in [-0.05, 0) is 39.3 Å². The average molecular weight is 290 g/mol. The maximum absolute atomic E-state index is 11.6. The van der Waals surface area contributed by atoms with E-state index in [0.717, 1.165) is 10.9 Å². The van der Waals surface area contributed by atoms with Crippen LogP contribution in [0.5, 0.6) is 5.75 Å². The lowest BCUT2D eigenvalue weighted by molar-refractivity contribution is -0.111. The van der Waals surface area contributed by atoms with Crippen molar-refractivity contribution in [1.29, 1.82) is 0 Å². The van der Waals surface area contributed by atoms with E-state index in [4.69, 9.17) is 9.15 Å². The number of fused-ring (bicyclic) bond motifs is 2. The summed E-state index contributed by atoms with van der Waals surface area (Å²) in [5.41, 5.74) is 1.05. The van der Waals surface area contributed by atoms with Gasteiger partial charge in [-0.2, -0.15) is 0 Å². The molecule has 1 aliphatic heterocycles. The minimum Gasteiger partial charge on any atom is -0.484 e. The van der Waals surface area contributed by atoms with Crippen molar-refractivity contribution in [2.24, 2.45) is 0 Å². The molecular weight excluding hydrogens is 272 g/mol. The van der Waals surface area contributed by atoms with Gasteiger partial charge in [0.25, 0.3) is 0 Å². The van der Waals surface area contributed by atoms with Crippen LogP contribution in [-0.4, -0.2) is 21.9 Å². The first-order chi connectivity index (χ1) is 9.72. The van der Waals surface area contributed by atoms with Gasteiger partial charge in [-0.3, -0.25) is 0 Å². The van der Waals surface area contributed by atoms with Crippen molar-refractivity contribution in [1.82, 2.24) is 0 Å². The number of aliphatic hydroxyl groups is 2. The van der Waals surface area contributed by atoms with Crippen molar-refractivity contribution in [2.75, 3.05) is 0 Å². The van der Waals surface area contributed by atoms with Crippen LogP contribution in [0.2, 0.25) is 0 Å². The van der Waals surface area contributed by atoms with Crippen LogP contribution < -0.4 is 10.4 Å². The Labute approximate surface area is 121 Å². The molecule has 2 aromatic rings. The third-order valence-corrected chi connectivity index (χ3v) is 4.14. The molecule has 3 rings (SSSR count). The summed E-state index contributed by atoms with van der Waals surface area (Å²) in [6.45, 7) is 7.01. The molecule has 0 aliphatic carbocycles. The van der Waals surface area contributed by atoms with Crippen LogP contribution >= 0.6 is 0 Å². The molecule has 1 aromatic carbocycles. The topological polar surface area (TPSA) is 79.9 Å². The monoisotopic (exact) mass is 290 g/mol. The predicted molar refractivity (Wildman–Crippen MR) is 77.6 cm³/mol. The summed E-state index contributed by atoms with van der Waals surface area (Å²) in [5, 5.41) is 21.3. The van der Waals surface area contributed by atoms with Crippen LogP contribution in [0.25, 0.3) is 11.0 Å². The van der Waals surface area contributed by atoms with Crippen LogP contribution in [0.4, 0.5) is 0 Å². The summed E-state index contributed by atoms with van der Waals surface area (Å²) in [5.74, 6) is 0.471. The van der Waals surface area contributed by atoms with Gasteiger partial charge in [-0.25, -0.2) is 4.79 Å². The molecular formula is C16H18O5. The molecule has 0 saturated carbocycles. The Balaban J connectivity index is 2.38. The molecule has 5 nitrogen and oxygen atoms in total. The van der Waals surface area contributed by atoms with Crippen LogP contribution in [0.15, 0.2) is 21.3 Å². The normalized spacial score (nSPS) is 23.7. The Kier molecular flexibility index (Phi) is 2.90. The lowest BCUT2D eigenvalue weighted by Gasteiger charge is -2.40. The highest BCUT2D eigenvalue weighted by Gasteiger charge is 2.43. The Morgan fingerprint density at radius 2 is 1.86 bits per heavy atom. The number of hydrogen-bond acceptors (Lipinski definition) is 5. The van der Waals surface area contributed by atoms with Crippen molar-refractivity contribution in [2.45, 2.75) is 45.5 Å². The fraction of sp³-hybridized carbons (Fsp3) is 0.438. The van der Waals surface area contributed by atoms with Gasteiger partial charge in [0.2, 0.25) is 0 Å². The minimum atomic E-state index is -1.04. The summed E-state index contributed by atoms with van der Waals surface area (Å²) in [6, 6.07) is 3.13. The summed E-state index contributed by atoms with van der Waals surface area (Å²) in [4.78, 5) is 11.6. The smallest absolute Gasteiger partial charge is 0.336 e. The second-order valence-corrected chi connectivity index (χ2v) is 6.14. The third-order valence-electron chi connectivity index (χ3n) is 4.14. The van der Waals surface area contributed by atoms with Gasteiger partial charge in [0.15, 0.2) is 0 Å². The van der Waals surface area contributed by atoms with Gasteiger partial charge in [0, 0.05) is 22.6 Å². The van der Waals surface area contributed by atoms with E-state index in [9.17, 15) is 15.0 Å². The van der Waals surface area contributed by atoms with E-state index in [2.05, 4.69) is 0 Å². The standard InChI is InChI=1S/C16H18O5/c1-7-5-11(17)20-13-8(2)14-10(6-9(7)13)12(18)15(19)16(3,4)21-14/h5-6,12,15,18-19H,1-4H3/t12-,15-/m0/s1. The number of aliphatic hydroxyl groups excluding tert-OH is 2. The van der Waals surface area contributed by atoms with Gasteiger partial charge in [-0.15, -0.1) is 0 Å². The van der Waals surface area contributed by atoms with E-state index in [1.54, 1.807) is 26.8 Å². The Hall–Kier alpha value is -1.85.